The van der Waals surface area contributed by atoms with Crippen molar-refractivity contribution in [3.8, 4) is 11.1 Å². The van der Waals surface area contributed by atoms with E-state index in [4.69, 9.17) is 39.5 Å². The first-order valence-electron chi connectivity index (χ1n) is 7.70. The molecule has 6 heteroatoms. The monoisotopic (exact) mass is 406 g/mol. The van der Waals surface area contributed by atoms with Gasteiger partial charge in [0, 0.05) is 10.9 Å². The zero-order valence-corrected chi connectivity index (χ0v) is 15.7. The topological polar surface area (TPSA) is 43.4 Å². The smallest absolute Gasteiger partial charge is 0.338 e. The normalized spacial score (nSPS) is 11.3. The molecule has 3 nitrogen and oxygen atoms in total. The molecule has 0 spiro atoms. The Morgan fingerprint density at radius 1 is 0.962 bits per heavy atom. The SMILES string of the molecule is O=Cc1ccc(-c2cccc3cccc(C(=O)OCC(Cl)(Cl)Cl)c23)cc1. The van der Waals surface area contributed by atoms with Crippen LogP contribution in [-0.2, 0) is 4.74 Å². The molecule has 132 valence electrons. The van der Waals surface area contributed by atoms with Crippen molar-refractivity contribution < 1.29 is 14.3 Å². The van der Waals surface area contributed by atoms with E-state index < -0.39 is 9.76 Å². The van der Waals surface area contributed by atoms with Crippen LogP contribution in [0.5, 0.6) is 0 Å². The Morgan fingerprint density at radius 2 is 1.62 bits per heavy atom. The third kappa shape index (κ3) is 4.18. The standard InChI is InChI=1S/C20H13Cl3O3/c21-20(22,23)12-26-19(25)17-6-2-4-15-3-1-5-16(18(15)17)14-9-7-13(11-24)8-10-14/h1-11H,12H2. The minimum atomic E-state index is -1.67. The first kappa shape index (κ1) is 18.7. The molecule has 0 amide bonds. The van der Waals surface area contributed by atoms with E-state index >= 15 is 0 Å². The van der Waals surface area contributed by atoms with Crippen molar-refractivity contribution in [3.05, 3.63) is 71.8 Å². The van der Waals surface area contributed by atoms with Gasteiger partial charge in [0.05, 0.1) is 5.56 Å². The molecule has 0 aliphatic rings. The second-order valence-electron chi connectivity index (χ2n) is 5.64. The number of rotatable bonds is 4. The summed E-state index contributed by atoms with van der Waals surface area (Å²) in [5.74, 6) is -0.570. The average Bonchev–Trinajstić information content (AvgIpc) is 2.64. The number of carbonyl (C=O) groups is 2. The molecule has 26 heavy (non-hydrogen) atoms. The maximum atomic E-state index is 12.5. The third-order valence-electron chi connectivity index (χ3n) is 3.85. The molecule has 0 N–H and O–H groups in total. The van der Waals surface area contributed by atoms with E-state index in [1.165, 1.54) is 0 Å². The summed E-state index contributed by atoms with van der Waals surface area (Å²) in [5.41, 5.74) is 2.69. The Bertz CT molecular complexity index is 955. The lowest BCUT2D eigenvalue weighted by Crippen LogP contribution is -2.17. The van der Waals surface area contributed by atoms with Gasteiger partial charge in [0.2, 0.25) is 3.79 Å². The maximum Gasteiger partial charge on any atom is 0.338 e. The summed E-state index contributed by atoms with van der Waals surface area (Å²) in [6.07, 6.45) is 0.784. The van der Waals surface area contributed by atoms with Crippen LogP contribution in [0.3, 0.4) is 0 Å². The van der Waals surface area contributed by atoms with Gasteiger partial charge < -0.3 is 4.74 Å². The van der Waals surface area contributed by atoms with Crippen LogP contribution in [0.15, 0.2) is 60.7 Å². The number of fused-ring (bicyclic) bond motifs is 1. The summed E-state index contributed by atoms with van der Waals surface area (Å²) in [7, 11) is 0. The van der Waals surface area contributed by atoms with E-state index in [0.717, 1.165) is 28.2 Å². The van der Waals surface area contributed by atoms with E-state index in [9.17, 15) is 9.59 Å². The van der Waals surface area contributed by atoms with Gasteiger partial charge in [-0.1, -0.05) is 89.4 Å². The Labute approximate surface area is 165 Å². The van der Waals surface area contributed by atoms with E-state index in [1.807, 2.05) is 36.4 Å². The van der Waals surface area contributed by atoms with Gasteiger partial charge in [-0.05, 0) is 22.6 Å². The van der Waals surface area contributed by atoms with Crippen molar-refractivity contribution in [3.63, 3.8) is 0 Å². The van der Waals surface area contributed by atoms with E-state index in [0.29, 0.717) is 11.1 Å². The molecule has 3 aromatic rings. The molecule has 0 radical (unpaired) electrons. The number of ether oxygens (including phenoxy) is 1. The highest BCUT2D eigenvalue weighted by Crippen LogP contribution is 2.32. The van der Waals surface area contributed by atoms with Gasteiger partial charge in [-0.15, -0.1) is 0 Å². The summed E-state index contributed by atoms with van der Waals surface area (Å²) >= 11 is 17.0. The zero-order valence-electron chi connectivity index (χ0n) is 13.4. The molecule has 3 aromatic carbocycles. The molecule has 3 rings (SSSR count). The highest BCUT2D eigenvalue weighted by Gasteiger charge is 2.23. The second-order valence-corrected chi connectivity index (χ2v) is 8.16. The van der Waals surface area contributed by atoms with E-state index in [-0.39, 0.29) is 6.61 Å². The van der Waals surface area contributed by atoms with Crippen LogP contribution in [0.4, 0.5) is 0 Å². The molecule has 0 fully saturated rings. The molecule has 0 bridgehead atoms. The number of esters is 1. The van der Waals surface area contributed by atoms with E-state index in [1.54, 1.807) is 24.3 Å². The van der Waals surface area contributed by atoms with Gasteiger partial charge in [0.1, 0.15) is 12.9 Å². The summed E-state index contributed by atoms with van der Waals surface area (Å²) in [4.78, 5) is 23.4. The molecular weight excluding hydrogens is 395 g/mol. The van der Waals surface area contributed by atoms with Gasteiger partial charge in [-0.25, -0.2) is 4.79 Å². The van der Waals surface area contributed by atoms with Crippen molar-refractivity contribution >= 4 is 57.8 Å². The largest absolute Gasteiger partial charge is 0.458 e. The number of benzene rings is 3. The number of halogens is 3. The van der Waals surface area contributed by atoms with Crippen molar-refractivity contribution in [2.75, 3.05) is 6.61 Å². The van der Waals surface area contributed by atoms with Crippen LogP contribution in [0.2, 0.25) is 0 Å². The second kappa shape index (κ2) is 7.67. The summed E-state index contributed by atoms with van der Waals surface area (Å²) in [6, 6.07) is 18.2. The summed E-state index contributed by atoms with van der Waals surface area (Å²) < 4.78 is 3.47. The lowest BCUT2D eigenvalue weighted by atomic mass is 9.94. The van der Waals surface area contributed by atoms with Crippen LogP contribution in [-0.4, -0.2) is 22.7 Å². The van der Waals surface area contributed by atoms with Gasteiger partial charge in [-0.2, -0.15) is 0 Å². The van der Waals surface area contributed by atoms with Gasteiger partial charge in [-0.3, -0.25) is 4.79 Å². The van der Waals surface area contributed by atoms with Gasteiger partial charge >= 0.3 is 5.97 Å². The molecular formula is C20H13Cl3O3. The highest BCUT2D eigenvalue weighted by molar-refractivity contribution is 6.67. The molecule has 0 atom stereocenters. The van der Waals surface area contributed by atoms with Gasteiger partial charge in [0.15, 0.2) is 0 Å². The summed E-state index contributed by atoms with van der Waals surface area (Å²) in [6.45, 7) is -0.344. The molecule has 0 unspecified atom stereocenters. The Morgan fingerprint density at radius 3 is 2.23 bits per heavy atom. The fourth-order valence-corrected chi connectivity index (χ4v) is 2.88. The molecule has 0 aromatic heterocycles. The lowest BCUT2D eigenvalue weighted by molar-refractivity contribution is 0.0514. The fraction of sp³-hybridized carbons (Fsp3) is 0.100. The molecule has 0 saturated heterocycles. The number of hydrogen-bond acceptors (Lipinski definition) is 3. The van der Waals surface area contributed by atoms with Crippen LogP contribution >= 0.6 is 34.8 Å². The van der Waals surface area contributed by atoms with E-state index in [2.05, 4.69) is 0 Å². The first-order valence-corrected chi connectivity index (χ1v) is 8.84. The fourth-order valence-electron chi connectivity index (χ4n) is 2.72. The number of hydrogen-bond donors (Lipinski definition) is 0. The van der Waals surface area contributed by atoms with Crippen LogP contribution < -0.4 is 0 Å². The lowest BCUT2D eigenvalue weighted by Gasteiger charge is -2.14. The number of aldehydes is 1. The van der Waals surface area contributed by atoms with Crippen LogP contribution in [0.1, 0.15) is 20.7 Å². The molecule has 0 heterocycles. The van der Waals surface area contributed by atoms with Crippen LogP contribution in [0, 0.1) is 0 Å². The predicted octanol–water partition coefficient (Wildman–Crippen LogP) is 5.85. The Balaban J connectivity index is 2.10. The molecule has 0 saturated carbocycles. The maximum absolute atomic E-state index is 12.5. The quantitative estimate of drug-likeness (QED) is 0.310. The summed E-state index contributed by atoms with van der Waals surface area (Å²) in [5, 5.41) is 1.62. The average molecular weight is 408 g/mol. The molecule has 0 aliphatic carbocycles. The molecule has 0 aliphatic heterocycles. The zero-order chi connectivity index (χ0) is 18.7. The predicted molar refractivity (Wildman–Crippen MR) is 105 cm³/mol. The highest BCUT2D eigenvalue weighted by atomic mass is 35.6. The Kier molecular flexibility index (Phi) is 5.52. The van der Waals surface area contributed by atoms with Crippen molar-refractivity contribution in [2.24, 2.45) is 0 Å². The van der Waals surface area contributed by atoms with Crippen LogP contribution in [0.25, 0.3) is 21.9 Å². The number of alkyl halides is 3. The minimum absolute atomic E-state index is 0.344. The Hall–Kier alpha value is -2.07. The first-order chi connectivity index (χ1) is 12.4. The number of carbonyl (C=O) groups excluding carboxylic acids is 2. The third-order valence-corrected chi connectivity index (χ3v) is 4.18. The van der Waals surface area contributed by atoms with Gasteiger partial charge in [0.25, 0.3) is 0 Å². The van der Waals surface area contributed by atoms with Crippen molar-refractivity contribution in [1.29, 1.82) is 0 Å². The van der Waals surface area contributed by atoms with Crippen molar-refractivity contribution in [2.45, 2.75) is 3.79 Å². The minimum Gasteiger partial charge on any atom is -0.458 e. The van der Waals surface area contributed by atoms with Crippen molar-refractivity contribution in [1.82, 2.24) is 0 Å².